The van der Waals surface area contributed by atoms with Crippen LogP contribution in [0.2, 0.25) is 0 Å². The number of carbonyl (C=O) groups excluding carboxylic acids is 1. The van der Waals surface area contributed by atoms with Crippen molar-refractivity contribution >= 4 is 5.91 Å². The molecule has 144 valence electrons. The molecular weight excluding hydrogens is 340 g/mol. The number of rotatable bonds is 8. The van der Waals surface area contributed by atoms with E-state index in [2.05, 4.69) is 22.3 Å². The summed E-state index contributed by atoms with van der Waals surface area (Å²) < 4.78 is 11.3. The summed E-state index contributed by atoms with van der Waals surface area (Å²) in [6.07, 6.45) is 2.34. The largest absolute Gasteiger partial charge is 0.491 e. The first-order valence-electron chi connectivity index (χ1n) is 9.47. The van der Waals surface area contributed by atoms with Gasteiger partial charge in [-0.2, -0.15) is 0 Å². The van der Waals surface area contributed by atoms with Gasteiger partial charge in [-0.25, -0.2) is 0 Å². The van der Waals surface area contributed by atoms with E-state index in [0.29, 0.717) is 18.7 Å². The summed E-state index contributed by atoms with van der Waals surface area (Å²) >= 11 is 0. The van der Waals surface area contributed by atoms with Crippen LogP contribution in [-0.4, -0.2) is 50.8 Å². The van der Waals surface area contributed by atoms with Crippen LogP contribution in [0.3, 0.4) is 0 Å². The van der Waals surface area contributed by atoms with Crippen molar-refractivity contribution in [1.82, 2.24) is 10.2 Å². The van der Waals surface area contributed by atoms with Crippen molar-refractivity contribution in [3.8, 4) is 5.75 Å². The minimum absolute atomic E-state index is 0.0801. The normalized spacial score (nSPS) is 17.7. The number of amides is 1. The minimum atomic E-state index is -0.0801. The number of carbonyl (C=O) groups is 1. The fourth-order valence-corrected chi connectivity index (χ4v) is 3.23. The van der Waals surface area contributed by atoms with E-state index in [9.17, 15) is 4.79 Å². The van der Waals surface area contributed by atoms with Gasteiger partial charge in [-0.3, -0.25) is 4.79 Å². The number of likely N-dealkylation sites (N-methyl/N-ethyl adjacent to an activating group) is 1. The fraction of sp³-hybridized carbons (Fsp3) is 0.409. The average Bonchev–Trinajstić information content (AvgIpc) is 3.21. The molecule has 0 saturated carbocycles. The van der Waals surface area contributed by atoms with E-state index in [-0.39, 0.29) is 18.1 Å². The van der Waals surface area contributed by atoms with Crippen LogP contribution < -0.4 is 10.1 Å². The third kappa shape index (κ3) is 5.55. The van der Waals surface area contributed by atoms with Gasteiger partial charge in [0, 0.05) is 18.7 Å². The van der Waals surface area contributed by atoms with E-state index in [1.54, 1.807) is 12.1 Å². The number of hydrogen-bond acceptors (Lipinski definition) is 4. The molecule has 0 unspecified atom stereocenters. The molecule has 2 atom stereocenters. The molecule has 3 rings (SSSR count). The van der Waals surface area contributed by atoms with E-state index in [1.807, 2.05) is 44.4 Å². The molecule has 5 heteroatoms. The zero-order valence-corrected chi connectivity index (χ0v) is 16.1. The minimum Gasteiger partial charge on any atom is -0.491 e. The molecule has 2 aromatic rings. The Hall–Kier alpha value is -2.37. The topological polar surface area (TPSA) is 50.8 Å². The zero-order chi connectivity index (χ0) is 19.1. The third-order valence-corrected chi connectivity index (χ3v) is 4.84. The Balaban J connectivity index is 1.52. The third-order valence-electron chi connectivity index (χ3n) is 4.84. The molecule has 1 heterocycles. The maximum atomic E-state index is 12.5. The van der Waals surface area contributed by atoms with Gasteiger partial charge in [0.05, 0.1) is 12.1 Å². The van der Waals surface area contributed by atoms with E-state index in [0.717, 1.165) is 25.2 Å². The predicted molar refractivity (Wildman–Crippen MR) is 106 cm³/mol. The lowest BCUT2D eigenvalue weighted by Gasteiger charge is -2.25. The quantitative estimate of drug-likeness (QED) is 0.777. The van der Waals surface area contributed by atoms with Gasteiger partial charge < -0.3 is 19.7 Å². The second kappa shape index (κ2) is 9.53. The summed E-state index contributed by atoms with van der Waals surface area (Å²) in [6.45, 7) is 1.93. The van der Waals surface area contributed by atoms with Crippen LogP contribution in [-0.2, 0) is 4.74 Å². The Morgan fingerprint density at radius 3 is 2.56 bits per heavy atom. The summed E-state index contributed by atoms with van der Waals surface area (Å²) in [5.41, 5.74) is 1.81. The van der Waals surface area contributed by atoms with Gasteiger partial charge in [0.1, 0.15) is 12.4 Å². The standard InChI is InChI=1S/C22H28N2O3/c1-24(2)21(17-7-4-3-5-8-17)15-23-22(25)18-10-12-19(13-11-18)27-16-20-9-6-14-26-20/h3-5,7-8,10-13,20-21H,6,9,14-16H2,1-2H3,(H,23,25)/t20-,21-/m1/s1. The highest BCUT2D eigenvalue weighted by atomic mass is 16.5. The molecule has 27 heavy (non-hydrogen) atoms. The maximum Gasteiger partial charge on any atom is 0.251 e. The molecule has 0 bridgehead atoms. The van der Waals surface area contributed by atoms with Crippen LogP contribution in [0.5, 0.6) is 5.75 Å². The van der Waals surface area contributed by atoms with Gasteiger partial charge in [0.15, 0.2) is 0 Å². The van der Waals surface area contributed by atoms with Crippen molar-refractivity contribution in [2.24, 2.45) is 0 Å². The molecule has 0 aromatic heterocycles. The van der Waals surface area contributed by atoms with Gasteiger partial charge in [-0.1, -0.05) is 30.3 Å². The van der Waals surface area contributed by atoms with Crippen molar-refractivity contribution in [2.45, 2.75) is 25.0 Å². The van der Waals surface area contributed by atoms with Crippen molar-refractivity contribution in [2.75, 3.05) is 33.9 Å². The number of hydrogen-bond donors (Lipinski definition) is 1. The molecule has 1 aliphatic heterocycles. The first-order chi connectivity index (χ1) is 13.1. The van der Waals surface area contributed by atoms with Crippen LogP contribution in [0.4, 0.5) is 0 Å². The summed E-state index contributed by atoms with van der Waals surface area (Å²) in [7, 11) is 4.04. The molecule has 1 fully saturated rings. The number of benzene rings is 2. The Kier molecular flexibility index (Phi) is 6.85. The summed E-state index contributed by atoms with van der Waals surface area (Å²) in [5, 5.41) is 3.03. The summed E-state index contributed by atoms with van der Waals surface area (Å²) in [4.78, 5) is 14.6. The summed E-state index contributed by atoms with van der Waals surface area (Å²) in [5.74, 6) is 0.681. The highest BCUT2D eigenvalue weighted by Crippen LogP contribution is 2.18. The summed E-state index contributed by atoms with van der Waals surface area (Å²) in [6, 6.07) is 17.6. The number of ether oxygens (including phenoxy) is 2. The average molecular weight is 368 g/mol. The smallest absolute Gasteiger partial charge is 0.251 e. The lowest BCUT2D eigenvalue weighted by Crippen LogP contribution is -2.34. The van der Waals surface area contributed by atoms with Gasteiger partial charge in [-0.05, 0) is 56.8 Å². The van der Waals surface area contributed by atoms with E-state index in [4.69, 9.17) is 9.47 Å². The lowest BCUT2D eigenvalue weighted by atomic mass is 10.1. The Labute approximate surface area is 161 Å². The highest BCUT2D eigenvalue weighted by Gasteiger charge is 2.17. The molecule has 1 aliphatic rings. The van der Waals surface area contributed by atoms with Gasteiger partial charge >= 0.3 is 0 Å². The molecule has 0 radical (unpaired) electrons. The van der Waals surface area contributed by atoms with E-state index in [1.165, 1.54) is 5.56 Å². The number of nitrogens with one attached hydrogen (secondary N) is 1. The fourth-order valence-electron chi connectivity index (χ4n) is 3.23. The molecule has 0 spiro atoms. The van der Waals surface area contributed by atoms with Crippen LogP contribution in [0.15, 0.2) is 54.6 Å². The lowest BCUT2D eigenvalue weighted by molar-refractivity contribution is 0.0679. The van der Waals surface area contributed by atoms with Crippen molar-refractivity contribution in [3.05, 3.63) is 65.7 Å². The first kappa shape index (κ1) is 19.4. The van der Waals surface area contributed by atoms with Gasteiger partial charge in [0.2, 0.25) is 0 Å². The first-order valence-corrected chi connectivity index (χ1v) is 9.47. The molecule has 1 N–H and O–H groups in total. The molecular formula is C22H28N2O3. The van der Waals surface area contributed by atoms with Crippen molar-refractivity contribution in [3.63, 3.8) is 0 Å². The monoisotopic (exact) mass is 368 g/mol. The molecule has 2 aromatic carbocycles. The second-order valence-electron chi connectivity index (χ2n) is 7.07. The predicted octanol–water partition coefficient (Wildman–Crippen LogP) is 3.28. The Bertz CT molecular complexity index is 710. The number of nitrogens with zero attached hydrogens (tertiary/aromatic N) is 1. The Morgan fingerprint density at radius 1 is 1.19 bits per heavy atom. The van der Waals surface area contributed by atoms with Gasteiger partial charge in [0.25, 0.3) is 5.91 Å². The Morgan fingerprint density at radius 2 is 1.93 bits per heavy atom. The van der Waals surface area contributed by atoms with Gasteiger partial charge in [-0.15, -0.1) is 0 Å². The highest BCUT2D eigenvalue weighted by molar-refractivity contribution is 5.94. The molecule has 1 amide bonds. The van der Waals surface area contributed by atoms with Crippen LogP contribution in [0.25, 0.3) is 0 Å². The molecule has 5 nitrogen and oxygen atoms in total. The van der Waals surface area contributed by atoms with E-state index < -0.39 is 0 Å². The SMILES string of the molecule is CN(C)[C@H](CNC(=O)c1ccc(OC[C@H]2CCCO2)cc1)c1ccccc1. The van der Waals surface area contributed by atoms with E-state index >= 15 is 0 Å². The zero-order valence-electron chi connectivity index (χ0n) is 16.1. The maximum absolute atomic E-state index is 12.5. The molecule has 1 saturated heterocycles. The van der Waals surface area contributed by atoms with Crippen LogP contribution >= 0.6 is 0 Å². The van der Waals surface area contributed by atoms with Crippen LogP contribution in [0.1, 0.15) is 34.8 Å². The molecule has 0 aliphatic carbocycles. The van der Waals surface area contributed by atoms with Crippen molar-refractivity contribution < 1.29 is 14.3 Å². The van der Waals surface area contributed by atoms with Crippen LogP contribution in [0, 0.1) is 0 Å². The van der Waals surface area contributed by atoms with Crippen molar-refractivity contribution in [1.29, 1.82) is 0 Å². The second-order valence-corrected chi connectivity index (χ2v) is 7.07.